The van der Waals surface area contributed by atoms with Crippen LogP contribution in [0, 0.1) is 0 Å². The molecule has 0 bridgehead atoms. The van der Waals surface area contributed by atoms with E-state index < -0.39 is 0 Å². The largest absolute Gasteiger partial charge is 0.434 e. The van der Waals surface area contributed by atoms with Gasteiger partial charge in [0.15, 0.2) is 11.5 Å². The summed E-state index contributed by atoms with van der Waals surface area (Å²) in [4.78, 5) is 24.4. The summed E-state index contributed by atoms with van der Waals surface area (Å²) in [5.74, 6) is 0.485. The molecule has 1 saturated carbocycles. The topological polar surface area (TPSA) is 85.6 Å². The van der Waals surface area contributed by atoms with Gasteiger partial charge in [0.1, 0.15) is 5.71 Å². The van der Waals surface area contributed by atoms with Gasteiger partial charge in [-0.25, -0.2) is 4.68 Å². The van der Waals surface area contributed by atoms with Crippen molar-refractivity contribution in [3.63, 3.8) is 0 Å². The second kappa shape index (κ2) is 7.07. The van der Waals surface area contributed by atoms with Crippen LogP contribution < -0.4 is 15.7 Å². The highest BCUT2D eigenvalue weighted by Gasteiger charge is 2.28. The minimum absolute atomic E-state index is 0.134. The second-order valence-electron chi connectivity index (χ2n) is 6.79. The number of hydrogen-bond acceptors (Lipinski definition) is 6. The molecule has 0 radical (unpaired) electrons. The Labute approximate surface area is 170 Å². The number of hydrazone groups is 1. The number of hydrogen-bond donors (Lipinski definition) is 1. The molecule has 1 N–H and O–H groups in total. The zero-order chi connectivity index (χ0) is 20.0. The van der Waals surface area contributed by atoms with E-state index in [0.717, 1.165) is 12.8 Å². The first kappa shape index (κ1) is 18.7. The predicted octanol–water partition coefficient (Wildman–Crippen LogP) is 3.54. The lowest BCUT2D eigenvalue weighted by molar-refractivity contribution is -0.112. The van der Waals surface area contributed by atoms with Gasteiger partial charge in [0.25, 0.3) is 5.56 Å². The maximum absolute atomic E-state index is 12.2. The lowest BCUT2D eigenvalue weighted by atomic mass is 10.0. The molecule has 1 aliphatic carbocycles. The standard InChI is InChI=1S/C19H16Cl2N4O3/c1-9-5-15(26)17(23-22-9)11-6-13(20)18(14(21)7-11)28-16-8-12(10-3-4-10)19(27)25(2)24-16/h6-8,10,22H,1,3-5H2,2H3. The van der Waals surface area contributed by atoms with Gasteiger partial charge in [0.2, 0.25) is 5.88 Å². The summed E-state index contributed by atoms with van der Waals surface area (Å²) >= 11 is 12.7. The Morgan fingerprint density at radius 2 is 1.89 bits per heavy atom. The quantitative estimate of drug-likeness (QED) is 0.820. The number of nitrogens with one attached hydrogen (secondary N) is 1. The molecular formula is C19H16Cl2N4O3. The smallest absolute Gasteiger partial charge is 0.270 e. The average molecular weight is 419 g/mol. The number of Topliss-reactive ketones (excluding diaryl/α,β-unsaturated/α-hetero) is 1. The number of halogens is 2. The maximum Gasteiger partial charge on any atom is 0.270 e. The number of carbonyl (C=O) groups is 1. The normalized spacial score (nSPS) is 16.6. The van der Waals surface area contributed by atoms with Crippen molar-refractivity contribution in [3.8, 4) is 11.6 Å². The summed E-state index contributed by atoms with van der Waals surface area (Å²) < 4.78 is 7.03. The summed E-state index contributed by atoms with van der Waals surface area (Å²) in [5, 5.41) is 8.55. The predicted molar refractivity (Wildman–Crippen MR) is 106 cm³/mol. The molecule has 0 unspecified atom stereocenters. The van der Waals surface area contributed by atoms with Crippen LogP contribution in [-0.4, -0.2) is 21.3 Å². The lowest BCUT2D eigenvalue weighted by Gasteiger charge is -2.16. The molecule has 2 heterocycles. The number of aromatic nitrogens is 2. The maximum atomic E-state index is 12.2. The number of ether oxygens (including phenoxy) is 1. The third kappa shape index (κ3) is 3.55. The number of allylic oxidation sites excluding steroid dienone is 1. The number of ketones is 1. The minimum Gasteiger partial charge on any atom is -0.434 e. The van der Waals surface area contributed by atoms with Crippen LogP contribution >= 0.6 is 23.2 Å². The first-order chi connectivity index (χ1) is 13.3. The van der Waals surface area contributed by atoms with Crippen molar-refractivity contribution in [2.75, 3.05) is 0 Å². The Morgan fingerprint density at radius 1 is 1.21 bits per heavy atom. The van der Waals surface area contributed by atoms with Gasteiger partial charge < -0.3 is 4.74 Å². The Hall–Kier alpha value is -2.64. The van der Waals surface area contributed by atoms with Gasteiger partial charge in [-0.2, -0.15) is 5.10 Å². The third-order valence-corrected chi connectivity index (χ3v) is 5.09. The van der Waals surface area contributed by atoms with Crippen molar-refractivity contribution < 1.29 is 9.53 Å². The van der Waals surface area contributed by atoms with Gasteiger partial charge in [0, 0.05) is 29.9 Å². The van der Waals surface area contributed by atoms with E-state index in [-0.39, 0.29) is 51.1 Å². The van der Waals surface area contributed by atoms with E-state index in [0.29, 0.717) is 16.8 Å². The Balaban J connectivity index is 1.68. The molecule has 1 fully saturated rings. The first-order valence-corrected chi connectivity index (χ1v) is 9.39. The van der Waals surface area contributed by atoms with Crippen LogP contribution in [-0.2, 0) is 11.8 Å². The number of benzene rings is 1. The summed E-state index contributed by atoms with van der Waals surface area (Å²) in [5.41, 5.74) is 4.46. The van der Waals surface area contributed by atoms with Gasteiger partial charge >= 0.3 is 0 Å². The first-order valence-electron chi connectivity index (χ1n) is 8.63. The van der Waals surface area contributed by atoms with Crippen LogP contribution in [0.3, 0.4) is 0 Å². The fourth-order valence-corrected chi connectivity index (χ4v) is 3.54. The number of nitrogens with zero attached hydrogens (tertiary/aromatic N) is 3. The summed E-state index contributed by atoms with van der Waals surface area (Å²) in [7, 11) is 1.57. The summed E-state index contributed by atoms with van der Waals surface area (Å²) in [6.45, 7) is 3.68. The van der Waals surface area contributed by atoms with Crippen molar-refractivity contribution in [1.82, 2.24) is 15.2 Å². The molecule has 0 spiro atoms. The zero-order valence-electron chi connectivity index (χ0n) is 15.0. The molecule has 28 heavy (non-hydrogen) atoms. The van der Waals surface area contributed by atoms with Gasteiger partial charge in [-0.1, -0.05) is 29.8 Å². The van der Waals surface area contributed by atoms with Crippen LogP contribution in [0.1, 0.15) is 36.3 Å². The van der Waals surface area contributed by atoms with Gasteiger partial charge in [-0.05, 0) is 30.9 Å². The van der Waals surface area contributed by atoms with E-state index in [1.54, 1.807) is 25.2 Å². The molecule has 144 valence electrons. The number of rotatable bonds is 4. The monoisotopic (exact) mass is 418 g/mol. The average Bonchev–Trinajstić information content (AvgIpc) is 3.45. The van der Waals surface area contributed by atoms with Crippen molar-refractivity contribution in [2.45, 2.75) is 25.2 Å². The lowest BCUT2D eigenvalue weighted by Crippen LogP contribution is -2.27. The van der Waals surface area contributed by atoms with Crippen molar-refractivity contribution in [2.24, 2.45) is 12.1 Å². The van der Waals surface area contributed by atoms with Crippen LogP contribution in [0.15, 0.2) is 40.4 Å². The highest BCUT2D eigenvalue weighted by atomic mass is 35.5. The van der Waals surface area contributed by atoms with Gasteiger partial charge in [0.05, 0.1) is 16.5 Å². The van der Waals surface area contributed by atoms with E-state index in [2.05, 4.69) is 22.2 Å². The fourth-order valence-electron chi connectivity index (χ4n) is 2.98. The molecule has 0 amide bonds. The second-order valence-corrected chi connectivity index (χ2v) is 7.60. The van der Waals surface area contributed by atoms with Crippen molar-refractivity contribution >= 4 is 34.7 Å². The third-order valence-electron chi connectivity index (χ3n) is 4.53. The van der Waals surface area contributed by atoms with Gasteiger partial charge in [-0.15, -0.1) is 5.10 Å². The molecule has 2 aliphatic rings. The molecule has 1 aromatic carbocycles. The van der Waals surface area contributed by atoms with Crippen LogP contribution in [0.2, 0.25) is 10.0 Å². The van der Waals surface area contributed by atoms with Crippen LogP contribution in [0.4, 0.5) is 0 Å². The summed E-state index contributed by atoms with van der Waals surface area (Å²) in [6, 6.07) is 4.74. The molecule has 7 nitrogen and oxygen atoms in total. The molecule has 1 aromatic heterocycles. The molecule has 9 heteroatoms. The molecule has 0 atom stereocenters. The van der Waals surface area contributed by atoms with Crippen LogP contribution in [0.5, 0.6) is 11.6 Å². The fraction of sp³-hybridized carbons (Fsp3) is 0.263. The number of aryl methyl sites for hydroxylation is 1. The molecular weight excluding hydrogens is 403 g/mol. The molecule has 4 rings (SSSR count). The summed E-state index contributed by atoms with van der Waals surface area (Å²) in [6.07, 6.45) is 2.11. The zero-order valence-corrected chi connectivity index (χ0v) is 16.5. The van der Waals surface area contributed by atoms with Gasteiger partial charge in [-0.3, -0.25) is 15.0 Å². The Morgan fingerprint density at radius 3 is 2.50 bits per heavy atom. The Kier molecular flexibility index (Phi) is 4.72. The molecule has 0 saturated heterocycles. The van der Waals surface area contributed by atoms with E-state index in [9.17, 15) is 9.59 Å². The van der Waals surface area contributed by atoms with E-state index >= 15 is 0 Å². The minimum atomic E-state index is -0.182. The van der Waals surface area contributed by atoms with Crippen molar-refractivity contribution in [3.05, 3.63) is 62.0 Å². The molecule has 1 aliphatic heterocycles. The SMILES string of the molecule is C=C1CC(=O)C(c2cc(Cl)c(Oc3cc(C4CC4)c(=O)n(C)n3)c(Cl)c2)=NN1. The Bertz CT molecular complexity index is 1080. The van der Waals surface area contributed by atoms with E-state index in [4.69, 9.17) is 27.9 Å². The van der Waals surface area contributed by atoms with Crippen LogP contribution in [0.25, 0.3) is 0 Å². The highest BCUT2D eigenvalue weighted by Crippen LogP contribution is 2.41. The van der Waals surface area contributed by atoms with E-state index in [1.807, 2.05) is 0 Å². The highest BCUT2D eigenvalue weighted by molar-refractivity contribution is 6.48. The number of carbonyl (C=O) groups excluding carboxylic acids is 1. The van der Waals surface area contributed by atoms with E-state index in [1.165, 1.54) is 4.68 Å². The van der Waals surface area contributed by atoms with Crippen molar-refractivity contribution in [1.29, 1.82) is 0 Å². The molecule has 2 aromatic rings.